The van der Waals surface area contributed by atoms with Crippen LogP contribution in [0, 0.1) is 6.92 Å². The Bertz CT molecular complexity index is 817. The number of nitrogens with zero attached hydrogens (tertiary/aromatic N) is 2. The van der Waals surface area contributed by atoms with E-state index in [4.69, 9.17) is 4.98 Å². The number of aryl methyl sites for hydroxylation is 2. The number of rotatable bonds is 4. The third kappa shape index (κ3) is 3.37. The first-order valence-corrected chi connectivity index (χ1v) is 8.22. The molecule has 2 aromatic carbocycles. The zero-order valence-electron chi connectivity index (χ0n) is 14.4. The van der Waals surface area contributed by atoms with Gasteiger partial charge < -0.3 is 4.90 Å². The smallest absolute Gasteiger partial charge is 0.0705 e. The molecule has 2 heteroatoms. The molecule has 0 unspecified atom stereocenters. The summed E-state index contributed by atoms with van der Waals surface area (Å²) in [6.07, 6.45) is 1.91. The minimum Gasteiger partial charge on any atom is -0.378 e. The fourth-order valence-electron chi connectivity index (χ4n) is 2.97. The Morgan fingerprint density at radius 2 is 1.70 bits per heavy atom. The van der Waals surface area contributed by atoms with Crippen LogP contribution in [0.5, 0.6) is 0 Å². The van der Waals surface area contributed by atoms with Crippen molar-refractivity contribution in [2.45, 2.75) is 26.7 Å². The van der Waals surface area contributed by atoms with Crippen molar-refractivity contribution in [1.29, 1.82) is 0 Å². The van der Waals surface area contributed by atoms with Gasteiger partial charge in [-0.15, -0.1) is 0 Å². The maximum absolute atomic E-state index is 4.87. The van der Waals surface area contributed by atoms with Crippen molar-refractivity contribution < 1.29 is 0 Å². The molecular weight excluding hydrogens is 280 g/mol. The van der Waals surface area contributed by atoms with Gasteiger partial charge in [-0.05, 0) is 61.2 Å². The number of pyridine rings is 1. The number of aromatic nitrogens is 1. The van der Waals surface area contributed by atoms with Crippen molar-refractivity contribution in [3.8, 4) is 0 Å². The Kier molecular flexibility index (Phi) is 4.33. The molecular formula is C21H24N2. The summed E-state index contributed by atoms with van der Waals surface area (Å²) in [6.45, 7) is 4.31. The molecule has 0 fully saturated rings. The Balaban J connectivity index is 1.97. The van der Waals surface area contributed by atoms with Gasteiger partial charge in [-0.1, -0.05) is 30.7 Å². The van der Waals surface area contributed by atoms with E-state index in [0.29, 0.717) is 0 Å². The van der Waals surface area contributed by atoms with Crippen LogP contribution in [0.25, 0.3) is 10.9 Å². The van der Waals surface area contributed by atoms with E-state index < -0.39 is 0 Å². The van der Waals surface area contributed by atoms with E-state index in [1.807, 2.05) is 0 Å². The summed E-state index contributed by atoms with van der Waals surface area (Å²) in [5.74, 6) is 0. The molecule has 23 heavy (non-hydrogen) atoms. The normalized spacial score (nSPS) is 11.0. The predicted octanol–water partition coefficient (Wildman–Crippen LogP) is 4.76. The minimum atomic E-state index is 0.938. The highest BCUT2D eigenvalue weighted by Gasteiger charge is 2.07. The molecule has 0 aliphatic carbocycles. The average molecular weight is 304 g/mol. The van der Waals surface area contributed by atoms with Gasteiger partial charge in [-0.3, -0.25) is 4.98 Å². The van der Waals surface area contributed by atoms with Crippen LogP contribution in [0.4, 0.5) is 5.69 Å². The molecule has 2 nitrogen and oxygen atoms in total. The zero-order chi connectivity index (χ0) is 16.4. The lowest BCUT2D eigenvalue weighted by molar-refractivity contribution is 0.996. The molecule has 0 bridgehead atoms. The molecule has 0 amide bonds. The van der Waals surface area contributed by atoms with Gasteiger partial charge in [0.2, 0.25) is 0 Å². The quantitative estimate of drug-likeness (QED) is 0.690. The van der Waals surface area contributed by atoms with Crippen LogP contribution in [-0.4, -0.2) is 19.1 Å². The first-order chi connectivity index (χ1) is 11.1. The summed E-state index contributed by atoms with van der Waals surface area (Å²) in [5.41, 5.74) is 7.49. The van der Waals surface area contributed by atoms with Gasteiger partial charge >= 0.3 is 0 Å². The van der Waals surface area contributed by atoms with E-state index in [1.165, 1.54) is 33.5 Å². The predicted molar refractivity (Wildman–Crippen MR) is 99.4 cm³/mol. The maximum atomic E-state index is 4.87. The summed E-state index contributed by atoms with van der Waals surface area (Å²) in [6, 6.07) is 17.6. The number of hydrogen-bond donors (Lipinski definition) is 0. The standard InChI is InChI=1S/C21H24N2/c1-5-20-18(13-16-7-9-19(10-8-16)23(3)4)14-17-12-15(2)6-11-21(17)22-20/h6-12,14H,5,13H2,1-4H3. The molecule has 0 spiro atoms. The Morgan fingerprint density at radius 1 is 0.957 bits per heavy atom. The van der Waals surface area contributed by atoms with Crippen LogP contribution in [-0.2, 0) is 12.8 Å². The van der Waals surface area contributed by atoms with Crippen molar-refractivity contribution in [2.24, 2.45) is 0 Å². The lowest BCUT2D eigenvalue weighted by Gasteiger charge is -2.14. The van der Waals surface area contributed by atoms with Crippen LogP contribution in [0.2, 0.25) is 0 Å². The Hall–Kier alpha value is -2.35. The van der Waals surface area contributed by atoms with Crippen molar-refractivity contribution in [1.82, 2.24) is 4.98 Å². The number of hydrogen-bond acceptors (Lipinski definition) is 2. The monoisotopic (exact) mass is 304 g/mol. The summed E-state index contributed by atoms with van der Waals surface area (Å²) in [7, 11) is 4.14. The molecule has 3 rings (SSSR count). The fraction of sp³-hybridized carbons (Fsp3) is 0.286. The highest BCUT2D eigenvalue weighted by atomic mass is 15.1. The van der Waals surface area contributed by atoms with E-state index in [1.54, 1.807) is 0 Å². The molecule has 118 valence electrons. The zero-order valence-corrected chi connectivity index (χ0v) is 14.4. The van der Waals surface area contributed by atoms with Gasteiger partial charge in [-0.25, -0.2) is 0 Å². The maximum Gasteiger partial charge on any atom is 0.0705 e. The SMILES string of the molecule is CCc1nc2ccc(C)cc2cc1Cc1ccc(N(C)C)cc1. The van der Waals surface area contributed by atoms with Crippen LogP contribution in [0.15, 0.2) is 48.5 Å². The van der Waals surface area contributed by atoms with Crippen LogP contribution >= 0.6 is 0 Å². The topological polar surface area (TPSA) is 16.1 Å². The molecule has 0 aliphatic rings. The van der Waals surface area contributed by atoms with Gasteiger partial charge in [0, 0.05) is 30.9 Å². The molecule has 1 heterocycles. The van der Waals surface area contributed by atoms with E-state index in [-0.39, 0.29) is 0 Å². The molecule has 0 saturated heterocycles. The van der Waals surface area contributed by atoms with Crippen LogP contribution in [0.3, 0.4) is 0 Å². The Morgan fingerprint density at radius 3 is 2.35 bits per heavy atom. The van der Waals surface area contributed by atoms with Gasteiger partial charge in [0.15, 0.2) is 0 Å². The minimum absolute atomic E-state index is 0.938. The highest BCUT2D eigenvalue weighted by molar-refractivity contribution is 5.80. The number of benzene rings is 2. The lowest BCUT2D eigenvalue weighted by atomic mass is 9.99. The fourth-order valence-corrected chi connectivity index (χ4v) is 2.97. The largest absolute Gasteiger partial charge is 0.378 e. The third-order valence-corrected chi connectivity index (χ3v) is 4.32. The van der Waals surface area contributed by atoms with E-state index >= 15 is 0 Å². The van der Waals surface area contributed by atoms with Gasteiger partial charge in [0.25, 0.3) is 0 Å². The van der Waals surface area contributed by atoms with E-state index in [9.17, 15) is 0 Å². The number of fused-ring (bicyclic) bond motifs is 1. The Labute approximate surface area is 138 Å². The average Bonchev–Trinajstić information content (AvgIpc) is 2.54. The molecule has 1 aromatic heterocycles. The summed E-state index contributed by atoms with van der Waals surface area (Å²) >= 11 is 0. The van der Waals surface area contributed by atoms with Crippen LogP contribution in [0.1, 0.15) is 29.3 Å². The van der Waals surface area contributed by atoms with Gasteiger partial charge in [-0.2, -0.15) is 0 Å². The molecule has 0 N–H and O–H groups in total. The second-order valence-electron chi connectivity index (χ2n) is 6.38. The second kappa shape index (κ2) is 6.41. The van der Waals surface area contributed by atoms with Gasteiger partial charge in [0.1, 0.15) is 0 Å². The molecule has 3 aromatic rings. The summed E-state index contributed by atoms with van der Waals surface area (Å²) in [4.78, 5) is 7.00. The van der Waals surface area contributed by atoms with Crippen molar-refractivity contribution in [2.75, 3.05) is 19.0 Å². The molecule has 0 saturated carbocycles. The van der Waals surface area contributed by atoms with Crippen molar-refractivity contribution >= 4 is 16.6 Å². The van der Waals surface area contributed by atoms with Crippen molar-refractivity contribution in [3.05, 3.63) is 70.9 Å². The second-order valence-corrected chi connectivity index (χ2v) is 6.38. The van der Waals surface area contributed by atoms with Crippen LogP contribution < -0.4 is 4.90 Å². The highest BCUT2D eigenvalue weighted by Crippen LogP contribution is 2.22. The first-order valence-electron chi connectivity index (χ1n) is 8.22. The third-order valence-electron chi connectivity index (χ3n) is 4.32. The lowest BCUT2D eigenvalue weighted by Crippen LogP contribution is -2.08. The molecule has 0 atom stereocenters. The summed E-state index contributed by atoms with van der Waals surface area (Å²) < 4.78 is 0. The molecule has 0 aliphatic heterocycles. The molecule has 0 radical (unpaired) electrons. The van der Waals surface area contributed by atoms with E-state index in [2.05, 4.69) is 81.4 Å². The number of anilines is 1. The van der Waals surface area contributed by atoms with E-state index in [0.717, 1.165) is 18.4 Å². The summed E-state index contributed by atoms with van der Waals surface area (Å²) in [5, 5.41) is 1.24. The van der Waals surface area contributed by atoms with Gasteiger partial charge in [0.05, 0.1) is 5.52 Å². The first kappa shape index (κ1) is 15.5. The van der Waals surface area contributed by atoms with Crippen molar-refractivity contribution in [3.63, 3.8) is 0 Å².